The number of pyridine rings is 1. The van der Waals surface area contributed by atoms with Gasteiger partial charge in [0, 0.05) is 29.2 Å². The summed E-state index contributed by atoms with van der Waals surface area (Å²) < 4.78 is 5.14. The number of carbonyl (C=O) groups is 1. The summed E-state index contributed by atoms with van der Waals surface area (Å²) in [5, 5.41) is 2.94. The van der Waals surface area contributed by atoms with Crippen LogP contribution in [0.5, 0.6) is 0 Å². The fourth-order valence-corrected chi connectivity index (χ4v) is 2.21. The molecular weight excluding hydrogens is 236 g/mol. The normalized spacial score (nSPS) is 17.2. The lowest BCUT2D eigenvalue weighted by molar-refractivity contribution is -0.124. The van der Waals surface area contributed by atoms with E-state index in [9.17, 15) is 4.79 Å². The van der Waals surface area contributed by atoms with Crippen molar-refractivity contribution >= 4 is 17.7 Å². The molecule has 0 radical (unpaired) electrons. The molecule has 1 aliphatic heterocycles. The van der Waals surface area contributed by atoms with Gasteiger partial charge in [-0.05, 0) is 12.1 Å². The number of hydrogen-bond donors (Lipinski definition) is 1. The third-order valence-corrected chi connectivity index (χ3v) is 3.65. The summed E-state index contributed by atoms with van der Waals surface area (Å²) >= 11 is 1.52. The molecule has 0 aromatic carbocycles. The summed E-state index contributed by atoms with van der Waals surface area (Å²) in [5.41, 5.74) is 0.136. The molecule has 4 nitrogen and oxygen atoms in total. The van der Waals surface area contributed by atoms with E-state index in [1.165, 1.54) is 11.8 Å². The lowest BCUT2D eigenvalue weighted by Gasteiger charge is -2.38. The van der Waals surface area contributed by atoms with Gasteiger partial charge in [-0.3, -0.25) is 9.78 Å². The molecule has 0 bridgehead atoms. The van der Waals surface area contributed by atoms with Gasteiger partial charge in [0.05, 0.1) is 19.0 Å². The van der Waals surface area contributed by atoms with Crippen LogP contribution >= 0.6 is 11.8 Å². The Bertz CT molecular complexity index is 379. The number of aromatic nitrogens is 1. The smallest absolute Gasteiger partial charge is 0.230 e. The molecule has 0 atom stereocenters. The molecule has 2 heterocycles. The van der Waals surface area contributed by atoms with Crippen LogP contribution in [0, 0.1) is 5.41 Å². The van der Waals surface area contributed by atoms with Crippen molar-refractivity contribution in [1.29, 1.82) is 0 Å². The molecular formula is C12H16N2O2S. The van der Waals surface area contributed by atoms with E-state index < -0.39 is 0 Å². The van der Waals surface area contributed by atoms with Gasteiger partial charge in [0.1, 0.15) is 0 Å². The maximum atomic E-state index is 11.6. The molecule has 1 N–H and O–H groups in total. The van der Waals surface area contributed by atoms with E-state index in [0.717, 1.165) is 18.1 Å². The molecule has 0 unspecified atom stereocenters. The number of rotatable bonds is 5. The Hall–Kier alpha value is -1.07. The van der Waals surface area contributed by atoms with Crippen LogP contribution in [-0.4, -0.2) is 36.4 Å². The summed E-state index contributed by atoms with van der Waals surface area (Å²) in [4.78, 5) is 16.6. The zero-order chi connectivity index (χ0) is 12.1. The number of hydrogen-bond acceptors (Lipinski definition) is 4. The van der Waals surface area contributed by atoms with Crippen molar-refractivity contribution in [3.05, 3.63) is 24.5 Å². The van der Waals surface area contributed by atoms with Crippen LogP contribution in [0.3, 0.4) is 0 Å². The molecule has 0 saturated carbocycles. The van der Waals surface area contributed by atoms with Crippen LogP contribution in [0.25, 0.3) is 0 Å². The summed E-state index contributed by atoms with van der Waals surface area (Å²) in [7, 11) is 0. The average molecular weight is 252 g/mol. The van der Waals surface area contributed by atoms with E-state index in [1.54, 1.807) is 12.4 Å². The Balaban J connectivity index is 1.67. The first-order valence-corrected chi connectivity index (χ1v) is 6.54. The number of carbonyl (C=O) groups excluding carboxylic acids is 1. The van der Waals surface area contributed by atoms with Crippen LogP contribution in [0.1, 0.15) is 6.92 Å². The van der Waals surface area contributed by atoms with Crippen molar-refractivity contribution in [2.45, 2.75) is 11.8 Å². The first-order valence-electron chi connectivity index (χ1n) is 5.55. The Kier molecular flexibility index (Phi) is 4.02. The maximum Gasteiger partial charge on any atom is 0.230 e. The van der Waals surface area contributed by atoms with Crippen molar-refractivity contribution in [2.24, 2.45) is 5.41 Å². The van der Waals surface area contributed by atoms with Crippen molar-refractivity contribution in [3.8, 4) is 0 Å². The maximum absolute atomic E-state index is 11.6. The van der Waals surface area contributed by atoms with Gasteiger partial charge < -0.3 is 10.1 Å². The number of thioether (sulfide) groups is 1. The minimum absolute atomic E-state index is 0.0694. The largest absolute Gasteiger partial charge is 0.380 e. The van der Waals surface area contributed by atoms with Gasteiger partial charge in [-0.15, -0.1) is 11.8 Å². The molecule has 92 valence electrons. The summed E-state index contributed by atoms with van der Waals surface area (Å²) in [6.45, 7) is 4.30. The third-order valence-electron chi connectivity index (χ3n) is 2.63. The molecule has 1 aliphatic rings. The van der Waals surface area contributed by atoms with E-state index in [0.29, 0.717) is 12.3 Å². The predicted octanol–water partition coefficient (Wildman–Crippen LogP) is 1.33. The molecule has 1 saturated heterocycles. The monoisotopic (exact) mass is 252 g/mol. The first kappa shape index (κ1) is 12.4. The Morgan fingerprint density at radius 2 is 2.24 bits per heavy atom. The number of ether oxygens (including phenoxy) is 1. The summed E-state index contributed by atoms with van der Waals surface area (Å²) in [5.74, 6) is 0.515. The Morgan fingerprint density at radius 3 is 2.82 bits per heavy atom. The Labute approximate surface area is 105 Å². The molecule has 1 aromatic heterocycles. The number of amides is 1. The van der Waals surface area contributed by atoms with Crippen LogP contribution in [0.2, 0.25) is 0 Å². The van der Waals surface area contributed by atoms with E-state index in [4.69, 9.17) is 4.74 Å². The SMILES string of the molecule is CC1(CNC(=O)CSc2ccncc2)COC1. The van der Waals surface area contributed by atoms with Gasteiger partial charge in [0.15, 0.2) is 0 Å². The second-order valence-electron chi connectivity index (χ2n) is 4.55. The minimum atomic E-state index is 0.0694. The van der Waals surface area contributed by atoms with E-state index in [2.05, 4.69) is 17.2 Å². The number of nitrogens with zero attached hydrogens (tertiary/aromatic N) is 1. The van der Waals surface area contributed by atoms with Gasteiger partial charge in [0.25, 0.3) is 0 Å². The lowest BCUT2D eigenvalue weighted by atomic mass is 9.89. The quantitative estimate of drug-likeness (QED) is 0.803. The van der Waals surface area contributed by atoms with E-state index >= 15 is 0 Å². The van der Waals surface area contributed by atoms with E-state index in [1.807, 2.05) is 12.1 Å². The number of nitrogens with one attached hydrogen (secondary N) is 1. The average Bonchev–Trinajstić information content (AvgIpc) is 2.33. The zero-order valence-electron chi connectivity index (χ0n) is 9.81. The highest BCUT2D eigenvalue weighted by molar-refractivity contribution is 8.00. The molecule has 1 amide bonds. The van der Waals surface area contributed by atoms with Crippen LogP contribution in [0.15, 0.2) is 29.4 Å². The fourth-order valence-electron chi connectivity index (χ4n) is 1.50. The second-order valence-corrected chi connectivity index (χ2v) is 5.60. The topological polar surface area (TPSA) is 51.2 Å². The highest BCUT2D eigenvalue weighted by Gasteiger charge is 2.33. The first-order chi connectivity index (χ1) is 8.18. The minimum Gasteiger partial charge on any atom is -0.380 e. The lowest BCUT2D eigenvalue weighted by Crippen LogP contribution is -2.48. The van der Waals surface area contributed by atoms with Crippen molar-refractivity contribution in [1.82, 2.24) is 10.3 Å². The van der Waals surface area contributed by atoms with Crippen LogP contribution in [0.4, 0.5) is 0 Å². The summed E-state index contributed by atoms with van der Waals surface area (Å²) in [6.07, 6.45) is 3.46. The van der Waals surface area contributed by atoms with Gasteiger partial charge in [-0.1, -0.05) is 6.92 Å². The predicted molar refractivity (Wildman–Crippen MR) is 66.9 cm³/mol. The van der Waals surface area contributed by atoms with Crippen molar-refractivity contribution in [2.75, 3.05) is 25.5 Å². The van der Waals surface area contributed by atoms with Gasteiger partial charge in [-0.2, -0.15) is 0 Å². The molecule has 0 aliphatic carbocycles. The summed E-state index contributed by atoms with van der Waals surface area (Å²) in [6, 6.07) is 3.80. The standard InChI is InChI=1S/C12H16N2O2S/c1-12(8-16-9-12)7-14-11(15)6-17-10-2-4-13-5-3-10/h2-5H,6-9H2,1H3,(H,14,15). The second kappa shape index (κ2) is 5.51. The Morgan fingerprint density at radius 1 is 1.53 bits per heavy atom. The third kappa shape index (κ3) is 3.71. The molecule has 5 heteroatoms. The van der Waals surface area contributed by atoms with Crippen LogP contribution in [-0.2, 0) is 9.53 Å². The van der Waals surface area contributed by atoms with Crippen molar-refractivity contribution in [3.63, 3.8) is 0 Å². The molecule has 1 fully saturated rings. The fraction of sp³-hybridized carbons (Fsp3) is 0.500. The zero-order valence-corrected chi connectivity index (χ0v) is 10.6. The highest BCUT2D eigenvalue weighted by atomic mass is 32.2. The molecule has 1 aromatic rings. The molecule has 2 rings (SSSR count). The molecule has 0 spiro atoms. The van der Waals surface area contributed by atoms with Gasteiger partial charge in [0.2, 0.25) is 5.91 Å². The van der Waals surface area contributed by atoms with E-state index in [-0.39, 0.29) is 11.3 Å². The van der Waals surface area contributed by atoms with Gasteiger partial charge >= 0.3 is 0 Å². The van der Waals surface area contributed by atoms with Crippen LogP contribution < -0.4 is 5.32 Å². The molecule has 17 heavy (non-hydrogen) atoms. The van der Waals surface area contributed by atoms with Crippen molar-refractivity contribution < 1.29 is 9.53 Å². The van der Waals surface area contributed by atoms with Gasteiger partial charge in [-0.25, -0.2) is 0 Å². The highest BCUT2D eigenvalue weighted by Crippen LogP contribution is 2.25.